The molecule has 0 atom stereocenters. The van der Waals surface area contributed by atoms with Crippen LogP contribution in [0.25, 0.3) is 9.75 Å². The number of hydrogen-bond donors (Lipinski definition) is 1. The van der Waals surface area contributed by atoms with Gasteiger partial charge in [-0.05, 0) is 37.5 Å². The van der Waals surface area contributed by atoms with Crippen LogP contribution < -0.4 is 5.73 Å². The average molecular weight is 295 g/mol. The van der Waals surface area contributed by atoms with Crippen molar-refractivity contribution in [1.29, 1.82) is 0 Å². The summed E-state index contributed by atoms with van der Waals surface area (Å²) in [6.45, 7) is 6.25. The summed E-state index contributed by atoms with van der Waals surface area (Å²) in [7, 11) is 1.38. The highest BCUT2D eigenvalue weighted by Gasteiger charge is 2.22. The first-order valence-corrected chi connectivity index (χ1v) is 7.69. The summed E-state index contributed by atoms with van der Waals surface area (Å²) in [6, 6.07) is 2.16. The van der Waals surface area contributed by atoms with Crippen LogP contribution in [0.4, 0.5) is 5.69 Å². The van der Waals surface area contributed by atoms with Crippen molar-refractivity contribution in [3.8, 4) is 9.75 Å². The number of carbonyl (C=O) groups excluding carboxylic acids is 1. The number of aryl methyl sites for hydroxylation is 2. The zero-order valence-electron chi connectivity index (χ0n) is 11.5. The predicted octanol–water partition coefficient (Wildman–Crippen LogP) is 4.02. The van der Waals surface area contributed by atoms with Gasteiger partial charge in [-0.25, -0.2) is 4.79 Å². The third-order valence-corrected chi connectivity index (χ3v) is 5.72. The van der Waals surface area contributed by atoms with Crippen LogP contribution in [0.2, 0.25) is 0 Å². The monoisotopic (exact) mass is 295 g/mol. The summed E-state index contributed by atoms with van der Waals surface area (Å²) in [5.74, 6) is -0.353. The predicted molar refractivity (Wildman–Crippen MR) is 82.2 cm³/mol. The maximum absolute atomic E-state index is 11.7. The summed E-state index contributed by atoms with van der Waals surface area (Å²) in [6.07, 6.45) is 0.810. The number of esters is 1. The minimum atomic E-state index is -0.353. The van der Waals surface area contributed by atoms with Gasteiger partial charge >= 0.3 is 5.97 Å². The van der Waals surface area contributed by atoms with Crippen molar-refractivity contribution in [3.05, 3.63) is 26.9 Å². The van der Waals surface area contributed by atoms with E-state index in [1.54, 1.807) is 11.3 Å². The molecule has 0 radical (unpaired) electrons. The standard InChI is InChI=1S/C14H17NO2S2/c1-5-9-11(15)13(14(16)17-4)19-12(9)10-6-7(2)8(3)18-10/h6H,5,15H2,1-4H3. The van der Waals surface area contributed by atoms with Crippen molar-refractivity contribution in [3.63, 3.8) is 0 Å². The Morgan fingerprint density at radius 1 is 1.37 bits per heavy atom. The van der Waals surface area contributed by atoms with Crippen LogP contribution in [-0.2, 0) is 11.2 Å². The molecule has 2 aromatic rings. The van der Waals surface area contributed by atoms with E-state index in [2.05, 4.69) is 26.8 Å². The number of rotatable bonds is 3. The number of nitrogen functional groups attached to an aromatic ring is 1. The van der Waals surface area contributed by atoms with E-state index < -0.39 is 0 Å². The molecule has 0 saturated carbocycles. The first-order valence-electron chi connectivity index (χ1n) is 6.06. The molecule has 3 nitrogen and oxygen atoms in total. The normalized spacial score (nSPS) is 10.7. The fraction of sp³-hybridized carbons (Fsp3) is 0.357. The van der Waals surface area contributed by atoms with Gasteiger partial charge in [-0.3, -0.25) is 0 Å². The molecule has 0 aromatic carbocycles. The molecule has 2 heterocycles. The van der Waals surface area contributed by atoms with Crippen LogP contribution in [0.15, 0.2) is 6.07 Å². The average Bonchev–Trinajstić information content (AvgIpc) is 2.89. The SMILES string of the molecule is CCc1c(-c2cc(C)c(C)s2)sc(C(=O)OC)c1N. The lowest BCUT2D eigenvalue weighted by molar-refractivity contribution is 0.0607. The van der Waals surface area contributed by atoms with Crippen LogP contribution in [0.3, 0.4) is 0 Å². The summed E-state index contributed by atoms with van der Waals surface area (Å²) in [5.41, 5.74) is 8.97. The van der Waals surface area contributed by atoms with Crippen LogP contribution in [0, 0.1) is 13.8 Å². The van der Waals surface area contributed by atoms with E-state index in [0.29, 0.717) is 10.6 Å². The summed E-state index contributed by atoms with van der Waals surface area (Å²) in [4.78, 5) is 15.8. The lowest BCUT2D eigenvalue weighted by Gasteiger charge is -1.99. The Morgan fingerprint density at radius 2 is 2.05 bits per heavy atom. The van der Waals surface area contributed by atoms with Crippen molar-refractivity contribution < 1.29 is 9.53 Å². The molecule has 0 amide bonds. The van der Waals surface area contributed by atoms with Crippen molar-refractivity contribution in [1.82, 2.24) is 0 Å². The second kappa shape index (κ2) is 5.35. The van der Waals surface area contributed by atoms with E-state index in [0.717, 1.165) is 16.9 Å². The molecule has 0 bridgehead atoms. The Labute approximate surface area is 121 Å². The van der Waals surface area contributed by atoms with E-state index >= 15 is 0 Å². The molecule has 0 unspecified atom stereocenters. The van der Waals surface area contributed by atoms with Crippen LogP contribution in [0.1, 0.15) is 32.6 Å². The van der Waals surface area contributed by atoms with Crippen LogP contribution in [-0.4, -0.2) is 13.1 Å². The second-order valence-corrected chi connectivity index (χ2v) is 6.62. The van der Waals surface area contributed by atoms with Gasteiger partial charge in [0.25, 0.3) is 0 Å². The first kappa shape index (κ1) is 14.1. The van der Waals surface area contributed by atoms with Crippen molar-refractivity contribution in [2.45, 2.75) is 27.2 Å². The summed E-state index contributed by atoms with van der Waals surface area (Å²) >= 11 is 3.17. The molecule has 0 fully saturated rings. The third-order valence-electron chi connectivity index (χ3n) is 3.16. The largest absolute Gasteiger partial charge is 0.465 e. The lowest BCUT2D eigenvalue weighted by Crippen LogP contribution is -2.02. The molecule has 0 spiro atoms. The third kappa shape index (κ3) is 2.40. The Morgan fingerprint density at radius 3 is 2.53 bits per heavy atom. The molecule has 0 saturated heterocycles. The minimum absolute atomic E-state index is 0.353. The Balaban J connectivity index is 2.60. The molecular formula is C14H17NO2S2. The zero-order valence-corrected chi connectivity index (χ0v) is 13.1. The number of methoxy groups -OCH3 is 1. The van der Waals surface area contributed by atoms with Gasteiger partial charge in [0.15, 0.2) is 0 Å². The molecular weight excluding hydrogens is 278 g/mol. The quantitative estimate of drug-likeness (QED) is 0.870. The molecule has 2 rings (SSSR count). The maximum atomic E-state index is 11.7. The number of anilines is 1. The van der Waals surface area contributed by atoms with E-state index in [1.807, 2.05) is 0 Å². The number of ether oxygens (including phenoxy) is 1. The minimum Gasteiger partial charge on any atom is -0.465 e. The lowest BCUT2D eigenvalue weighted by atomic mass is 10.1. The molecule has 0 aliphatic heterocycles. The smallest absolute Gasteiger partial charge is 0.350 e. The molecule has 19 heavy (non-hydrogen) atoms. The van der Waals surface area contributed by atoms with Gasteiger partial charge < -0.3 is 10.5 Å². The fourth-order valence-electron chi connectivity index (χ4n) is 1.96. The number of carbonyl (C=O) groups is 1. The number of thiophene rings is 2. The Kier molecular flexibility index (Phi) is 3.96. The number of hydrogen-bond acceptors (Lipinski definition) is 5. The van der Waals surface area contributed by atoms with Gasteiger partial charge in [0.2, 0.25) is 0 Å². The van der Waals surface area contributed by atoms with Crippen molar-refractivity contribution in [2.24, 2.45) is 0 Å². The highest BCUT2D eigenvalue weighted by molar-refractivity contribution is 7.23. The second-order valence-electron chi connectivity index (χ2n) is 4.35. The Bertz CT molecular complexity index is 606. The van der Waals surface area contributed by atoms with Gasteiger partial charge in [-0.2, -0.15) is 0 Å². The molecule has 5 heteroatoms. The van der Waals surface area contributed by atoms with Crippen LogP contribution >= 0.6 is 22.7 Å². The highest BCUT2D eigenvalue weighted by atomic mass is 32.1. The molecule has 102 valence electrons. The summed E-state index contributed by atoms with van der Waals surface area (Å²) in [5, 5.41) is 0. The van der Waals surface area contributed by atoms with E-state index in [1.165, 1.54) is 33.8 Å². The van der Waals surface area contributed by atoms with E-state index in [4.69, 9.17) is 10.5 Å². The topological polar surface area (TPSA) is 52.3 Å². The fourth-order valence-corrected chi connectivity index (χ4v) is 4.35. The molecule has 2 N–H and O–H groups in total. The zero-order chi connectivity index (χ0) is 14.2. The highest BCUT2D eigenvalue weighted by Crippen LogP contribution is 2.42. The van der Waals surface area contributed by atoms with E-state index in [9.17, 15) is 4.79 Å². The maximum Gasteiger partial charge on any atom is 0.350 e. The molecule has 0 aliphatic rings. The van der Waals surface area contributed by atoms with E-state index in [-0.39, 0.29) is 5.97 Å². The van der Waals surface area contributed by atoms with Gasteiger partial charge in [0, 0.05) is 9.75 Å². The van der Waals surface area contributed by atoms with Crippen molar-refractivity contribution in [2.75, 3.05) is 12.8 Å². The Hall–Kier alpha value is -1.33. The van der Waals surface area contributed by atoms with Gasteiger partial charge in [0.1, 0.15) is 4.88 Å². The van der Waals surface area contributed by atoms with Gasteiger partial charge in [0.05, 0.1) is 17.7 Å². The van der Waals surface area contributed by atoms with Gasteiger partial charge in [-0.1, -0.05) is 6.92 Å². The number of nitrogens with two attached hydrogens (primary N) is 1. The molecule has 2 aromatic heterocycles. The molecule has 0 aliphatic carbocycles. The first-order chi connectivity index (χ1) is 8.99. The van der Waals surface area contributed by atoms with Gasteiger partial charge in [-0.15, -0.1) is 22.7 Å². The summed E-state index contributed by atoms with van der Waals surface area (Å²) < 4.78 is 4.79. The van der Waals surface area contributed by atoms with Crippen molar-refractivity contribution >= 4 is 34.3 Å². The van der Waals surface area contributed by atoms with Crippen LogP contribution in [0.5, 0.6) is 0 Å².